The molecule has 0 spiro atoms. The van der Waals surface area contributed by atoms with Crippen molar-refractivity contribution in [3.05, 3.63) is 84.0 Å². The van der Waals surface area contributed by atoms with Crippen LogP contribution in [0.1, 0.15) is 32.1 Å². The maximum Gasteiger partial charge on any atom is 0.475 e. The van der Waals surface area contributed by atoms with Crippen LogP contribution >= 0.6 is 7.82 Å². The molecule has 58 heavy (non-hydrogen) atoms. The van der Waals surface area contributed by atoms with Crippen molar-refractivity contribution < 1.29 is 65.5 Å². The first-order valence-corrected chi connectivity index (χ1v) is 19.6. The van der Waals surface area contributed by atoms with Crippen molar-refractivity contribution in [1.29, 1.82) is 0 Å². The van der Waals surface area contributed by atoms with E-state index >= 15 is 0 Å². The second-order valence-electron chi connectivity index (χ2n) is 13.8. The highest BCUT2D eigenvalue weighted by molar-refractivity contribution is 7.48. The number of nitrogens with one attached hydrogen (secondary N) is 3. The zero-order chi connectivity index (χ0) is 42.9. The number of benzene rings is 1. The molecule has 6 atom stereocenters. The Kier molecular flexibility index (Phi) is 18.4. The van der Waals surface area contributed by atoms with Gasteiger partial charge in [0.1, 0.15) is 56.1 Å². The molecule has 3 N–H and O–H groups in total. The molecular formula is C37H52N6O14P+. The van der Waals surface area contributed by atoms with Crippen LogP contribution < -0.4 is 21.6 Å². The Labute approximate surface area is 336 Å². The molecule has 0 radical (unpaired) electrons. The number of nitrogens with zero attached hydrogens (tertiary/aromatic N) is 3. The van der Waals surface area contributed by atoms with Crippen molar-refractivity contribution in [3.8, 4) is 0 Å². The van der Waals surface area contributed by atoms with Crippen molar-refractivity contribution in [2.24, 2.45) is 0 Å². The Morgan fingerprint density at radius 2 is 1.72 bits per heavy atom. The van der Waals surface area contributed by atoms with Crippen molar-refractivity contribution in [1.82, 2.24) is 20.2 Å². The van der Waals surface area contributed by atoms with Gasteiger partial charge in [0.15, 0.2) is 0 Å². The molecule has 3 rings (SSSR count). The van der Waals surface area contributed by atoms with Gasteiger partial charge in [-0.2, -0.15) is 4.98 Å². The first kappa shape index (κ1) is 47.1. The van der Waals surface area contributed by atoms with Gasteiger partial charge in [-0.25, -0.2) is 18.9 Å². The highest BCUT2D eigenvalue weighted by Gasteiger charge is 2.42. The molecule has 1 aliphatic heterocycles. The molecule has 21 heteroatoms. The lowest BCUT2D eigenvalue weighted by Gasteiger charge is -2.25. The van der Waals surface area contributed by atoms with E-state index in [0.29, 0.717) is 11.0 Å². The zero-order valence-electron chi connectivity index (χ0n) is 33.2. The number of carbonyl (C=O) groups is 5. The summed E-state index contributed by atoms with van der Waals surface area (Å²) in [5.41, 5.74) is -0.0207. The summed E-state index contributed by atoms with van der Waals surface area (Å²) in [6.45, 7) is 8.15. The van der Waals surface area contributed by atoms with E-state index in [0.717, 1.165) is 17.1 Å². The number of aromatic nitrogens is 2. The smallest absolute Gasteiger partial charge is 0.460 e. The summed E-state index contributed by atoms with van der Waals surface area (Å²) >= 11 is 0. The SMILES string of the molecule is C=CCOC(=O)N[C@@H](COP(=O)(OCC=C)OC[C@H]1O[C@@H](n2ccc(NC(=O)Cc3ccccc3)nc2=O)C[C@@H]1OC(C)=O)C(=O)N[C@@H](C)C(=O)OCC[N+](C)(C)C. The average molecular weight is 836 g/mol. The number of alkyl carbamates (subject to hydrolysis) is 1. The first-order chi connectivity index (χ1) is 27.4. The van der Waals surface area contributed by atoms with Crippen LogP contribution in [0, 0.1) is 0 Å². The molecule has 20 nitrogen and oxygen atoms in total. The molecule has 1 unspecified atom stereocenters. The van der Waals surface area contributed by atoms with Crippen molar-refractivity contribution >= 4 is 43.5 Å². The Bertz CT molecular complexity index is 1850. The first-order valence-electron chi connectivity index (χ1n) is 18.1. The van der Waals surface area contributed by atoms with Gasteiger partial charge in [0, 0.05) is 19.5 Å². The maximum atomic E-state index is 13.9. The number of likely N-dealkylation sites (N-methyl/N-ethyl adjacent to an activating group) is 1. The van der Waals surface area contributed by atoms with Gasteiger partial charge in [-0.1, -0.05) is 49.1 Å². The molecule has 1 aromatic heterocycles. The van der Waals surface area contributed by atoms with E-state index in [4.69, 9.17) is 32.5 Å². The number of ether oxygens (including phenoxy) is 4. The summed E-state index contributed by atoms with van der Waals surface area (Å²) in [5, 5.41) is 7.27. The lowest BCUT2D eigenvalue weighted by atomic mass is 10.1. The van der Waals surface area contributed by atoms with Crippen LogP contribution in [0.5, 0.6) is 0 Å². The van der Waals surface area contributed by atoms with E-state index in [1.807, 2.05) is 27.2 Å². The van der Waals surface area contributed by atoms with Gasteiger partial charge >= 0.3 is 31.5 Å². The van der Waals surface area contributed by atoms with E-state index in [9.17, 15) is 33.3 Å². The quantitative estimate of drug-likeness (QED) is 0.0477. The highest BCUT2D eigenvalue weighted by atomic mass is 31.2. The Morgan fingerprint density at radius 1 is 1.02 bits per heavy atom. The molecule has 2 heterocycles. The summed E-state index contributed by atoms with van der Waals surface area (Å²) < 4.78 is 53.5. The summed E-state index contributed by atoms with van der Waals surface area (Å²) in [6.07, 6.45) is -0.363. The minimum absolute atomic E-state index is 0.00868. The van der Waals surface area contributed by atoms with Crippen LogP contribution in [0.25, 0.3) is 0 Å². The third-order valence-corrected chi connectivity index (χ3v) is 9.32. The lowest BCUT2D eigenvalue weighted by Crippen LogP contribution is -2.53. The highest BCUT2D eigenvalue weighted by Crippen LogP contribution is 2.50. The molecule has 0 aliphatic carbocycles. The zero-order valence-corrected chi connectivity index (χ0v) is 34.1. The molecule has 2 aromatic rings. The molecule has 0 saturated carbocycles. The van der Waals surface area contributed by atoms with E-state index in [1.54, 1.807) is 24.3 Å². The predicted molar refractivity (Wildman–Crippen MR) is 207 cm³/mol. The predicted octanol–water partition coefficient (Wildman–Crippen LogP) is 2.02. The van der Waals surface area contributed by atoms with Crippen molar-refractivity contribution in [2.45, 2.75) is 57.2 Å². The summed E-state index contributed by atoms with van der Waals surface area (Å²) in [7, 11) is 1.11. The van der Waals surface area contributed by atoms with Gasteiger partial charge in [-0.05, 0) is 18.6 Å². The van der Waals surface area contributed by atoms with E-state index in [2.05, 4.69) is 34.1 Å². The van der Waals surface area contributed by atoms with Crippen LogP contribution in [-0.4, -0.2) is 129 Å². The number of anilines is 1. The average Bonchev–Trinajstić information content (AvgIpc) is 3.55. The topological polar surface area (TPSA) is 238 Å². The third-order valence-electron chi connectivity index (χ3n) is 7.92. The minimum atomic E-state index is -4.63. The Hall–Kier alpha value is -5.24. The monoisotopic (exact) mass is 835 g/mol. The number of carbonyl (C=O) groups excluding carboxylic acids is 5. The van der Waals surface area contributed by atoms with E-state index < -0.39 is 81.2 Å². The lowest BCUT2D eigenvalue weighted by molar-refractivity contribution is -0.870. The second kappa shape index (κ2) is 22.6. The fraction of sp³-hybridized carbons (Fsp3) is 0.486. The van der Waals surface area contributed by atoms with Gasteiger partial charge in [-0.3, -0.25) is 32.5 Å². The number of hydrogen-bond donors (Lipinski definition) is 3. The Balaban J connectivity index is 1.72. The maximum absolute atomic E-state index is 13.9. The van der Waals surface area contributed by atoms with Crippen molar-refractivity contribution in [2.75, 3.05) is 66.0 Å². The summed E-state index contributed by atoms with van der Waals surface area (Å²) in [6, 6.07) is 7.63. The molecule has 1 aliphatic rings. The number of hydrogen-bond acceptors (Lipinski definition) is 15. The number of rotatable bonds is 23. The van der Waals surface area contributed by atoms with Crippen molar-refractivity contribution in [3.63, 3.8) is 0 Å². The van der Waals surface area contributed by atoms with Crippen LogP contribution in [-0.2, 0) is 62.7 Å². The second-order valence-corrected chi connectivity index (χ2v) is 15.5. The molecule has 1 fully saturated rings. The number of phosphoric acid groups is 1. The van der Waals surface area contributed by atoms with Crippen LogP contribution in [0.2, 0.25) is 0 Å². The van der Waals surface area contributed by atoms with Gasteiger partial charge in [0.25, 0.3) is 0 Å². The molecule has 3 amide bonds. The molecule has 318 valence electrons. The Morgan fingerprint density at radius 3 is 2.36 bits per heavy atom. The largest absolute Gasteiger partial charge is 0.475 e. The molecular weight excluding hydrogens is 783 g/mol. The standard InChI is InChI=1S/C37H51N6O14P/c1-8-18-52-37(49)39-28(34(46)38-25(3)35(47)51-20-17-43(5,6)7)23-54-58(50,53-19-9-2)55-24-30-29(56-26(4)44)22-33(57-30)42-16-15-31(41-36(42)48)40-32(45)21-27-13-11-10-12-14-27/h8-16,25,28-30,33H,1-2,17-24H2,3-7H3,(H2-,38,39,40,41,45,46,48,49)/p+1/t25-,28-,29-,30+,33+,58?/m0/s1. The molecule has 1 saturated heterocycles. The van der Waals surface area contributed by atoms with Gasteiger partial charge in [0.2, 0.25) is 11.8 Å². The fourth-order valence-electron chi connectivity index (χ4n) is 5.03. The summed E-state index contributed by atoms with van der Waals surface area (Å²) in [5.74, 6) is -2.73. The van der Waals surface area contributed by atoms with Gasteiger partial charge in [-0.15, -0.1) is 6.58 Å². The van der Waals surface area contributed by atoms with Crippen LogP contribution in [0.15, 0.2) is 72.7 Å². The van der Waals surface area contributed by atoms with Gasteiger partial charge < -0.3 is 39.4 Å². The molecule has 0 bridgehead atoms. The van der Waals surface area contributed by atoms with Crippen LogP contribution in [0.4, 0.5) is 10.6 Å². The van der Waals surface area contributed by atoms with Crippen LogP contribution in [0.3, 0.4) is 0 Å². The third kappa shape index (κ3) is 16.3. The number of phosphoric ester groups is 1. The minimum Gasteiger partial charge on any atom is -0.460 e. The summed E-state index contributed by atoms with van der Waals surface area (Å²) in [4.78, 5) is 79.8. The van der Waals surface area contributed by atoms with Gasteiger partial charge in [0.05, 0.1) is 47.4 Å². The fourth-order valence-corrected chi connectivity index (χ4v) is 6.21. The number of quaternary nitrogens is 1. The number of esters is 2. The number of amides is 3. The van der Waals surface area contributed by atoms with E-state index in [1.165, 1.54) is 31.3 Å². The normalized spacial score (nSPS) is 18.4. The molecule has 1 aromatic carbocycles. The van der Waals surface area contributed by atoms with E-state index in [-0.39, 0.29) is 44.4 Å².